The molecule has 0 atom stereocenters. The third-order valence-corrected chi connectivity index (χ3v) is 3.64. The molecule has 0 N–H and O–H groups in total. The van der Waals surface area contributed by atoms with Crippen LogP contribution in [0.5, 0.6) is 0 Å². The SMILES string of the molecule is O=C1C=CC(=O)O1.c1ccc(Pc2ccccc2)cc1. The molecule has 0 saturated carbocycles. The van der Waals surface area contributed by atoms with Crippen LogP contribution in [0.25, 0.3) is 0 Å². The summed E-state index contributed by atoms with van der Waals surface area (Å²) in [7, 11) is 0.777. The van der Waals surface area contributed by atoms with E-state index >= 15 is 0 Å². The fourth-order valence-electron chi connectivity index (χ4n) is 1.51. The number of rotatable bonds is 2. The Morgan fingerprint density at radius 1 is 0.650 bits per heavy atom. The Morgan fingerprint density at radius 3 is 1.35 bits per heavy atom. The summed E-state index contributed by atoms with van der Waals surface area (Å²) in [5.74, 6) is -1.16. The second-order valence-corrected chi connectivity index (χ2v) is 5.34. The molecule has 0 amide bonds. The number of carbonyl (C=O) groups excluding carboxylic acids is 2. The van der Waals surface area contributed by atoms with Crippen LogP contribution in [0.3, 0.4) is 0 Å². The summed E-state index contributed by atoms with van der Waals surface area (Å²) < 4.78 is 3.97. The average Bonchev–Trinajstić information content (AvgIpc) is 2.85. The molecule has 0 spiro atoms. The number of esters is 2. The Balaban J connectivity index is 0.000000178. The van der Waals surface area contributed by atoms with Crippen LogP contribution >= 0.6 is 8.58 Å². The summed E-state index contributed by atoms with van der Waals surface area (Å²) in [5, 5.41) is 2.79. The molecule has 100 valence electrons. The maximum atomic E-state index is 9.92. The Labute approximate surface area is 119 Å². The van der Waals surface area contributed by atoms with Crippen molar-refractivity contribution in [1.82, 2.24) is 0 Å². The lowest BCUT2D eigenvalue weighted by molar-refractivity contribution is -0.150. The van der Waals surface area contributed by atoms with Crippen LogP contribution in [0.1, 0.15) is 0 Å². The first-order valence-electron chi connectivity index (χ1n) is 6.05. The molecule has 3 nitrogen and oxygen atoms in total. The van der Waals surface area contributed by atoms with E-state index in [0.717, 1.165) is 20.7 Å². The minimum atomic E-state index is -0.579. The molecule has 3 rings (SSSR count). The number of carbonyl (C=O) groups is 2. The molecule has 1 heterocycles. The van der Waals surface area contributed by atoms with E-state index in [2.05, 4.69) is 65.4 Å². The van der Waals surface area contributed by atoms with Crippen molar-refractivity contribution in [3.63, 3.8) is 0 Å². The number of benzene rings is 2. The number of hydrogen-bond donors (Lipinski definition) is 0. The van der Waals surface area contributed by atoms with Gasteiger partial charge in [-0.15, -0.1) is 0 Å². The van der Waals surface area contributed by atoms with Gasteiger partial charge in [0.05, 0.1) is 0 Å². The fraction of sp³-hybridized carbons (Fsp3) is 0. The molecule has 1 aliphatic heterocycles. The van der Waals surface area contributed by atoms with Crippen LogP contribution in [0.2, 0.25) is 0 Å². The first-order chi connectivity index (χ1) is 9.74. The van der Waals surface area contributed by atoms with Crippen molar-refractivity contribution in [2.45, 2.75) is 0 Å². The Morgan fingerprint density at radius 2 is 1.05 bits per heavy atom. The number of ether oxygens (including phenoxy) is 1. The van der Waals surface area contributed by atoms with Crippen LogP contribution in [-0.2, 0) is 14.3 Å². The molecule has 2 aromatic rings. The van der Waals surface area contributed by atoms with Crippen molar-refractivity contribution in [3.05, 3.63) is 72.8 Å². The quantitative estimate of drug-likeness (QED) is 0.481. The summed E-state index contributed by atoms with van der Waals surface area (Å²) in [6.45, 7) is 0. The Hall–Kier alpha value is -2.25. The zero-order valence-corrected chi connectivity index (χ0v) is 11.7. The van der Waals surface area contributed by atoms with E-state index in [9.17, 15) is 9.59 Å². The van der Waals surface area contributed by atoms with Crippen LogP contribution in [0, 0.1) is 0 Å². The van der Waals surface area contributed by atoms with Crippen molar-refractivity contribution in [1.29, 1.82) is 0 Å². The molecule has 2 aromatic carbocycles. The molecule has 0 bridgehead atoms. The highest BCUT2D eigenvalue weighted by atomic mass is 31.1. The van der Waals surface area contributed by atoms with Gasteiger partial charge in [0, 0.05) is 12.2 Å². The van der Waals surface area contributed by atoms with Crippen LogP contribution in [0.4, 0.5) is 0 Å². The van der Waals surface area contributed by atoms with E-state index in [4.69, 9.17) is 0 Å². The average molecular weight is 284 g/mol. The molecular formula is C16H13O3P. The highest BCUT2D eigenvalue weighted by molar-refractivity contribution is 7.55. The minimum absolute atomic E-state index is 0.579. The molecule has 0 unspecified atom stereocenters. The van der Waals surface area contributed by atoms with Crippen molar-refractivity contribution in [2.75, 3.05) is 0 Å². The van der Waals surface area contributed by atoms with Gasteiger partial charge >= 0.3 is 11.9 Å². The largest absolute Gasteiger partial charge is 0.387 e. The number of hydrogen-bond acceptors (Lipinski definition) is 3. The van der Waals surface area contributed by atoms with Crippen molar-refractivity contribution in [3.8, 4) is 0 Å². The first-order valence-corrected chi connectivity index (χ1v) is 7.05. The predicted molar refractivity (Wildman–Crippen MR) is 80.7 cm³/mol. The Bertz CT molecular complexity index is 553. The van der Waals surface area contributed by atoms with Crippen molar-refractivity contribution in [2.24, 2.45) is 0 Å². The molecule has 20 heavy (non-hydrogen) atoms. The molecule has 1 aliphatic rings. The third kappa shape index (κ3) is 4.79. The second kappa shape index (κ2) is 7.37. The fourth-order valence-corrected chi connectivity index (χ4v) is 2.56. The monoisotopic (exact) mass is 284 g/mol. The van der Waals surface area contributed by atoms with Crippen LogP contribution in [0.15, 0.2) is 72.8 Å². The normalized spacial score (nSPS) is 12.6. The van der Waals surface area contributed by atoms with Crippen molar-refractivity contribution >= 4 is 31.1 Å². The van der Waals surface area contributed by atoms with E-state index < -0.39 is 11.9 Å². The maximum absolute atomic E-state index is 9.92. The molecule has 0 fully saturated rings. The lowest BCUT2D eigenvalue weighted by Crippen LogP contribution is -2.01. The topological polar surface area (TPSA) is 43.4 Å². The third-order valence-electron chi connectivity index (χ3n) is 2.39. The molecule has 4 heteroatoms. The Kier molecular flexibility index (Phi) is 5.22. The first kappa shape index (κ1) is 14.2. The minimum Gasteiger partial charge on any atom is -0.387 e. The molecule has 0 saturated heterocycles. The maximum Gasteiger partial charge on any atom is 0.338 e. The standard InChI is InChI=1S/C12H11P.C4H2O3/c1-3-7-11(8-4-1)13-12-9-5-2-6-10-12;5-3-1-2-4(6)7-3/h1-10,13H;1-2H. The second-order valence-electron chi connectivity index (χ2n) is 3.93. The highest BCUT2D eigenvalue weighted by Gasteiger charge is 2.10. The molecule has 0 aromatic heterocycles. The van der Waals surface area contributed by atoms with Crippen molar-refractivity contribution < 1.29 is 14.3 Å². The lowest BCUT2D eigenvalue weighted by atomic mass is 10.4. The highest BCUT2D eigenvalue weighted by Crippen LogP contribution is 2.08. The van der Waals surface area contributed by atoms with Gasteiger partial charge < -0.3 is 4.74 Å². The van der Waals surface area contributed by atoms with E-state index in [-0.39, 0.29) is 0 Å². The van der Waals surface area contributed by atoms with Gasteiger partial charge in [0.1, 0.15) is 0 Å². The predicted octanol–water partition coefficient (Wildman–Crippen LogP) is 1.94. The smallest absolute Gasteiger partial charge is 0.338 e. The van der Waals surface area contributed by atoms with Crippen LogP contribution < -0.4 is 10.6 Å². The van der Waals surface area contributed by atoms with E-state index in [1.165, 1.54) is 10.6 Å². The molecular weight excluding hydrogens is 271 g/mol. The van der Waals surface area contributed by atoms with Gasteiger partial charge in [0.15, 0.2) is 0 Å². The van der Waals surface area contributed by atoms with Gasteiger partial charge in [-0.1, -0.05) is 69.2 Å². The zero-order valence-electron chi connectivity index (χ0n) is 10.7. The van der Waals surface area contributed by atoms with Crippen LogP contribution in [-0.4, -0.2) is 11.9 Å². The summed E-state index contributed by atoms with van der Waals surface area (Å²) in [6.07, 6.45) is 2.17. The van der Waals surface area contributed by atoms with Gasteiger partial charge in [-0.2, -0.15) is 0 Å². The summed E-state index contributed by atoms with van der Waals surface area (Å²) in [5.41, 5.74) is 0. The van der Waals surface area contributed by atoms with Gasteiger partial charge in [0.2, 0.25) is 0 Å². The van der Waals surface area contributed by atoms with Gasteiger partial charge in [-0.3, -0.25) is 0 Å². The molecule has 0 radical (unpaired) electrons. The number of cyclic esters (lactones) is 2. The summed E-state index contributed by atoms with van der Waals surface area (Å²) in [6, 6.07) is 21.2. The van der Waals surface area contributed by atoms with E-state index in [0.29, 0.717) is 0 Å². The summed E-state index contributed by atoms with van der Waals surface area (Å²) >= 11 is 0. The van der Waals surface area contributed by atoms with E-state index in [1.807, 2.05) is 0 Å². The lowest BCUT2D eigenvalue weighted by Gasteiger charge is -2.00. The van der Waals surface area contributed by atoms with Gasteiger partial charge in [-0.05, 0) is 10.6 Å². The summed E-state index contributed by atoms with van der Waals surface area (Å²) in [4.78, 5) is 19.8. The zero-order chi connectivity index (χ0) is 14.2. The molecule has 0 aliphatic carbocycles. The van der Waals surface area contributed by atoms with E-state index in [1.54, 1.807) is 0 Å². The van der Waals surface area contributed by atoms with Gasteiger partial charge in [-0.25, -0.2) is 9.59 Å². The van der Waals surface area contributed by atoms with Gasteiger partial charge in [0.25, 0.3) is 0 Å².